The summed E-state index contributed by atoms with van der Waals surface area (Å²) in [4.78, 5) is 0. The highest BCUT2D eigenvalue weighted by atomic mass is 35.5. The summed E-state index contributed by atoms with van der Waals surface area (Å²) in [7, 11) is 0. The minimum atomic E-state index is 0.0739. The van der Waals surface area contributed by atoms with Crippen molar-refractivity contribution in [3.63, 3.8) is 0 Å². The van der Waals surface area contributed by atoms with Crippen LogP contribution in [0.4, 0.5) is 0 Å². The molecule has 1 aliphatic rings. The van der Waals surface area contributed by atoms with Crippen LogP contribution in [0, 0.1) is 5.92 Å². The van der Waals surface area contributed by atoms with Crippen molar-refractivity contribution in [1.82, 2.24) is 5.32 Å². The van der Waals surface area contributed by atoms with Crippen LogP contribution < -0.4 is 10.1 Å². The highest BCUT2D eigenvalue weighted by Crippen LogP contribution is 2.33. The van der Waals surface area contributed by atoms with Gasteiger partial charge >= 0.3 is 0 Å². The first-order valence-electron chi connectivity index (χ1n) is 7.11. The molecule has 1 fully saturated rings. The molecule has 0 atom stereocenters. The highest BCUT2D eigenvalue weighted by Gasteiger charge is 2.21. The van der Waals surface area contributed by atoms with Gasteiger partial charge in [-0.1, -0.05) is 30.5 Å². The molecule has 0 spiro atoms. The summed E-state index contributed by atoms with van der Waals surface area (Å²) in [5.74, 6) is 1.82. The van der Waals surface area contributed by atoms with Crippen LogP contribution in [0.5, 0.6) is 5.75 Å². The Morgan fingerprint density at radius 1 is 1.32 bits per heavy atom. The molecule has 0 aliphatic heterocycles. The molecule has 1 N–H and O–H groups in total. The van der Waals surface area contributed by atoms with Crippen molar-refractivity contribution >= 4 is 11.6 Å². The quantitative estimate of drug-likeness (QED) is 0.834. The third-order valence-electron chi connectivity index (χ3n) is 3.35. The van der Waals surface area contributed by atoms with Crippen molar-refractivity contribution in [3.05, 3.63) is 28.8 Å². The van der Waals surface area contributed by atoms with E-state index in [1.807, 2.05) is 18.2 Å². The molecular weight excluding hydrogens is 258 g/mol. The fourth-order valence-electron chi connectivity index (χ4n) is 1.94. The van der Waals surface area contributed by atoms with Crippen LogP contribution in [-0.4, -0.2) is 12.1 Å². The molecule has 0 radical (unpaired) electrons. The molecule has 0 saturated heterocycles. The van der Waals surface area contributed by atoms with E-state index >= 15 is 0 Å². The molecule has 1 aromatic carbocycles. The van der Waals surface area contributed by atoms with Gasteiger partial charge in [0.1, 0.15) is 5.75 Å². The van der Waals surface area contributed by atoms with Crippen LogP contribution >= 0.6 is 11.6 Å². The van der Waals surface area contributed by atoms with Crippen molar-refractivity contribution in [3.8, 4) is 5.75 Å². The molecule has 1 aliphatic carbocycles. The van der Waals surface area contributed by atoms with Gasteiger partial charge < -0.3 is 10.1 Å². The molecule has 0 bridgehead atoms. The fraction of sp³-hybridized carbons (Fsp3) is 0.625. The summed E-state index contributed by atoms with van der Waals surface area (Å²) in [6.45, 7) is 7.99. The Labute approximate surface area is 121 Å². The number of nitrogens with one attached hydrogen (secondary N) is 1. The second-order valence-corrected chi connectivity index (χ2v) is 6.81. The molecule has 0 aromatic heterocycles. The van der Waals surface area contributed by atoms with Gasteiger partial charge in [-0.05, 0) is 45.2 Å². The zero-order valence-corrected chi connectivity index (χ0v) is 12.9. The van der Waals surface area contributed by atoms with Gasteiger partial charge in [-0.3, -0.25) is 0 Å². The Morgan fingerprint density at radius 3 is 2.68 bits per heavy atom. The molecule has 106 valence electrons. The minimum absolute atomic E-state index is 0.0739. The van der Waals surface area contributed by atoms with E-state index < -0.39 is 0 Å². The lowest BCUT2D eigenvalue weighted by molar-refractivity contribution is 0.297. The summed E-state index contributed by atoms with van der Waals surface area (Å²) in [6, 6.07) is 5.89. The van der Waals surface area contributed by atoms with E-state index in [0.717, 1.165) is 35.4 Å². The number of halogens is 1. The van der Waals surface area contributed by atoms with Crippen LogP contribution in [0.25, 0.3) is 0 Å². The zero-order chi connectivity index (χ0) is 13.9. The zero-order valence-electron chi connectivity index (χ0n) is 12.1. The normalized spacial score (nSPS) is 15.6. The Hall–Kier alpha value is -0.730. The monoisotopic (exact) mass is 281 g/mol. The maximum Gasteiger partial charge on any atom is 0.125 e. The summed E-state index contributed by atoms with van der Waals surface area (Å²) >= 11 is 6.29. The molecule has 2 nitrogen and oxygen atoms in total. The average molecular weight is 282 g/mol. The molecule has 0 heterocycles. The Kier molecular flexibility index (Phi) is 4.75. The van der Waals surface area contributed by atoms with Gasteiger partial charge in [0.15, 0.2) is 0 Å². The van der Waals surface area contributed by atoms with Crippen molar-refractivity contribution in [2.24, 2.45) is 5.92 Å². The summed E-state index contributed by atoms with van der Waals surface area (Å²) in [5.41, 5.74) is 1.14. The van der Waals surface area contributed by atoms with Crippen LogP contribution in [0.15, 0.2) is 18.2 Å². The Morgan fingerprint density at radius 2 is 2.05 bits per heavy atom. The number of benzene rings is 1. The van der Waals surface area contributed by atoms with Gasteiger partial charge in [0, 0.05) is 22.7 Å². The second kappa shape index (κ2) is 6.15. The molecule has 1 aromatic rings. The number of rotatable bonds is 6. The van der Waals surface area contributed by atoms with Gasteiger partial charge in [-0.15, -0.1) is 0 Å². The average Bonchev–Trinajstić information content (AvgIpc) is 3.11. The van der Waals surface area contributed by atoms with Crippen molar-refractivity contribution in [2.75, 3.05) is 6.61 Å². The minimum Gasteiger partial charge on any atom is -0.493 e. The van der Waals surface area contributed by atoms with Crippen LogP contribution in [0.3, 0.4) is 0 Å². The predicted octanol–water partition coefficient (Wildman–Crippen LogP) is 4.41. The fourth-order valence-corrected chi connectivity index (χ4v) is 2.17. The lowest BCUT2D eigenvalue weighted by atomic mass is 10.1. The smallest absolute Gasteiger partial charge is 0.125 e. The van der Waals surface area contributed by atoms with E-state index in [1.54, 1.807) is 0 Å². The third-order valence-corrected chi connectivity index (χ3v) is 3.71. The predicted molar refractivity (Wildman–Crippen MR) is 80.9 cm³/mol. The first kappa shape index (κ1) is 14.7. The maximum absolute atomic E-state index is 6.29. The largest absolute Gasteiger partial charge is 0.493 e. The van der Waals surface area contributed by atoms with E-state index in [2.05, 4.69) is 26.1 Å². The van der Waals surface area contributed by atoms with Gasteiger partial charge in [0.2, 0.25) is 0 Å². The Balaban J connectivity index is 1.97. The van der Waals surface area contributed by atoms with Crippen LogP contribution in [0.2, 0.25) is 5.02 Å². The third kappa shape index (κ3) is 5.04. The molecule has 0 unspecified atom stereocenters. The van der Waals surface area contributed by atoms with E-state index in [9.17, 15) is 0 Å². The number of hydrogen-bond donors (Lipinski definition) is 1. The Bertz CT molecular complexity index is 421. The van der Waals surface area contributed by atoms with Gasteiger partial charge in [-0.2, -0.15) is 0 Å². The standard InChI is InChI=1S/C16H24ClNO/c1-16(2,3)18-11-13-14(17)5-4-6-15(13)19-10-9-12-7-8-12/h4-6,12,18H,7-11H2,1-3H3. The van der Waals surface area contributed by atoms with E-state index in [1.165, 1.54) is 19.3 Å². The molecule has 3 heteroatoms. The number of ether oxygens (including phenoxy) is 1. The molecular formula is C16H24ClNO. The molecule has 19 heavy (non-hydrogen) atoms. The first-order valence-corrected chi connectivity index (χ1v) is 7.49. The van der Waals surface area contributed by atoms with Crippen LogP contribution in [0.1, 0.15) is 45.6 Å². The van der Waals surface area contributed by atoms with Crippen molar-refractivity contribution < 1.29 is 4.74 Å². The lowest BCUT2D eigenvalue weighted by Gasteiger charge is -2.22. The SMILES string of the molecule is CC(C)(C)NCc1c(Cl)cccc1OCCC1CC1. The summed E-state index contributed by atoms with van der Waals surface area (Å²) in [5, 5.41) is 4.24. The first-order chi connectivity index (χ1) is 8.96. The maximum atomic E-state index is 6.29. The molecule has 2 rings (SSSR count). The highest BCUT2D eigenvalue weighted by molar-refractivity contribution is 6.31. The van der Waals surface area contributed by atoms with E-state index in [4.69, 9.17) is 16.3 Å². The second-order valence-electron chi connectivity index (χ2n) is 6.40. The van der Waals surface area contributed by atoms with Gasteiger partial charge in [-0.25, -0.2) is 0 Å². The summed E-state index contributed by atoms with van der Waals surface area (Å²) in [6.07, 6.45) is 3.91. The van der Waals surface area contributed by atoms with Crippen LogP contribution in [-0.2, 0) is 6.54 Å². The summed E-state index contributed by atoms with van der Waals surface area (Å²) < 4.78 is 5.91. The molecule has 0 amide bonds. The van der Waals surface area contributed by atoms with Crippen molar-refractivity contribution in [1.29, 1.82) is 0 Å². The van der Waals surface area contributed by atoms with E-state index in [-0.39, 0.29) is 5.54 Å². The van der Waals surface area contributed by atoms with Gasteiger partial charge in [0.05, 0.1) is 6.61 Å². The molecule has 1 saturated carbocycles. The van der Waals surface area contributed by atoms with Gasteiger partial charge in [0.25, 0.3) is 0 Å². The number of hydrogen-bond acceptors (Lipinski definition) is 2. The van der Waals surface area contributed by atoms with E-state index in [0.29, 0.717) is 0 Å². The van der Waals surface area contributed by atoms with Crippen molar-refractivity contribution in [2.45, 2.75) is 52.1 Å². The lowest BCUT2D eigenvalue weighted by Crippen LogP contribution is -2.35. The topological polar surface area (TPSA) is 21.3 Å².